The molecule has 88 valence electrons. The van der Waals surface area contributed by atoms with Gasteiger partial charge in [-0.2, -0.15) is 0 Å². The first-order valence-corrected chi connectivity index (χ1v) is 6.41. The zero-order valence-electron chi connectivity index (χ0n) is 9.66. The van der Waals surface area contributed by atoms with Gasteiger partial charge >= 0.3 is 0 Å². The van der Waals surface area contributed by atoms with Crippen molar-refractivity contribution in [3.63, 3.8) is 0 Å². The Labute approximate surface area is 105 Å². The van der Waals surface area contributed by atoms with Crippen LogP contribution in [-0.4, -0.2) is 22.3 Å². The van der Waals surface area contributed by atoms with E-state index in [0.29, 0.717) is 17.1 Å². The number of nitrogens with zero attached hydrogens (tertiary/aromatic N) is 1. The summed E-state index contributed by atoms with van der Waals surface area (Å²) in [7, 11) is 0. The molecule has 1 aromatic rings. The van der Waals surface area contributed by atoms with Gasteiger partial charge in [0.05, 0.1) is 0 Å². The number of rotatable bonds is 5. The number of alkyl halides is 1. The average molecular weight is 285 g/mol. The molecule has 0 bridgehead atoms. The molecular weight excluding hydrogens is 268 g/mol. The van der Waals surface area contributed by atoms with Gasteiger partial charge in [-0.25, -0.2) is 4.98 Å². The van der Waals surface area contributed by atoms with E-state index in [4.69, 9.17) is 0 Å². The Balaban J connectivity index is 2.47. The van der Waals surface area contributed by atoms with E-state index in [1.54, 1.807) is 6.07 Å². The number of nitrogens with one attached hydrogen (secondary N) is 1. The molecule has 0 aliphatic carbocycles. The zero-order chi connectivity index (χ0) is 12.0. The minimum atomic E-state index is -0.107. The summed E-state index contributed by atoms with van der Waals surface area (Å²) in [6.07, 6.45) is 2.16. The van der Waals surface area contributed by atoms with E-state index in [1.807, 2.05) is 19.1 Å². The zero-order valence-corrected chi connectivity index (χ0v) is 11.3. The second-order valence-corrected chi connectivity index (χ2v) is 5.06. The molecule has 16 heavy (non-hydrogen) atoms. The number of amides is 1. The van der Waals surface area contributed by atoms with Gasteiger partial charge in [0.15, 0.2) is 0 Å². The molecule has 0 radical (unpaired) electrons. The molecule has 1 unspecified atom stereocenters. The van der Waals surface area contributed by atoms with Crippen LogP contribution in [-0.2, 0) is 0 Å². The quantitative estimate of drug-likeness (QED) is 0.845. The van der Waals surface area contributed by atoms with Crippen LogP contribution in [0.4, 0.5) is 0 Å². The summed E-state index contributed by atoms with van der Waals surface area (Å²) in [4.78, 5) is 16.2. The van der Waals surface area contributed by atoms with Crippen molar-refractivity contribution in [1.82, 2.24) is 10.3 Å². The first-order chi connectivity index (χ1) is 7.63. The highest BCUT2D eigenvalue weighted by Gasteiger charge is 2.09. The highest BCUT2D eigenvalue weighted by atomic mass is 79.9. The van der Waals surface area contributed by atoms with Crippen molar-refractivity contribution in [3.05, 3.63) is 29.6 Å². The van der Waals surface area contributed by atoms with Crippen LogP contribution in [0, 0.1) is 6.92 Å². The van der Waals surface area contributed by atoms with Crippen LogP contribution in [0.25, 0.3) is 0 Å². The average Bonchev–Trinajstić information content (AvgIpc) is 2.26. The second-order valence-electron chi connectivity index (χ2n) is 3.76. The van der Waals surface area contributed by atoms with E-state index in [2.05, 4.69) is 33.2 Å². The van der Waals surface area contributed by atoms with Gasteiger partial charge in [-0.3, -0.25) is 4.79 Å². The molecule has 1 atom stereocenters. The Bertz CT molecular complexity index is 355. The van der Waals surface area contributed by atoms with Crippen molar-refractivity contribution >= 4 is 21.8 Å². The standard InChI is InChI=1S/C12H17BrN2O/c1-3-5-10(13)8-14-12(16)11-7-4-6-9(2)15-11/h4,6-7,10H,3,5,8H2,1-2H3,(H,14,16). The van der Waals surface area contributed by atoms with E-state index in [1.165, 1.54) is 0 Å². The Morgan fingerprint density at radius 1 is 1.56 bits per heavy atom. The molecule has 0 aromatic carbocycles. The summed E-state index contributed by atoms with van der Waals surface area (Å²) in [5.41, 5.74) is 1.34. The molecule has 0 saturated carbocycles. The molecule has 1 rings (SSSR count). The summed E-state index contributed by atoms with van der Waals surface area (Å²) in [6.45, 7) is 4.64. The molecule has 1 heterocycles. The maximum absolute atomic E-state index is 11.7. The van der Waals surface area contributed by atoms with Crippen molar-refractivity contribution in [2.24, 2.45) is 0 Å². The van der Waals surface area contributed by atoms with Crippen molar-refractivity contribution in [3.8, 4) is 0 Å². The van der Waals surface area contributed by atoms with Crippen molar-refractivity contribution < 1.29 is 4.79 Å². The van der Waals surface area contributed by atoms with E-state index in [-0.39, 0.29) is 5.91 Å². The third kappa shape index (κ3) is 4.31. The smallest absolute Gasteiger partial charge is 0.269 e. The number of carbonyl (C=O) groups excluding carboxylic acids is 1. The summed E-state index contributed by atoms with van der Waals surface area (Å²) < 4.78 is 0. The van der Waals surface area contributed by atoms with Gasteiger partial charge in [0.2, 0.25) is 0 Å². The SMILES string of the molecule is CCCC(Br)CNC(=O)c1cccc(C)n1. The van der Waals surface area contributed by atoms with Crippen molar-refractivity contribution in [2.45, 2.75) is 31.5 Å². The first-order valence-electron chi connectivity index (χ1n) is 5.49. The predicted octanol–water partition coefficient (Wildman–Crippen LogP) is 2.68. The molecule has 4 heteroatoms. The van der Waals surface area contributed by atoms with Gasteiger partial charge in [0.1, 0.15) is 5.69 Å². The molecule has 0 aliphatic rings. The maximum atomic E-state index is 11.7. The molecule has 1 amide bonds. The van der Waals surface area contributed by atoms with Gasteiger partial charge < -0.3 is 5.32 Å². The van der Waals surface area contributed by atoms with Gasteiger partial charge in [0, 0.05) is 17.1 Å². The van der Waals surface area contributed by atoms with Gasteiger partial charge in [-0.05, 0) is 25.5 Å². The van der Waals surface area contributed by atoms with Crippen LogP contribution in [0.1, 0.15) is 35.9 Å². The number of aryl methyl sites for hydroxylation is 1. The highest BCUT2D eigenvalue weighted by Crippen LogP contribution is 2.06. The number of hydrogen-bond acceptors (Lipinski definition) is 2. The maximum Gasteiger partial charge on any atom is 0.269 e. The van der Waals surface area contributed by atoms with Crippen LogP contribution in [0.5, 0.6) is 0 Å². The molecule has 1 N–H and O–H groups in total. The normalized spacial score (nSPS) is 12.2. The van der Waals surface area contributed by atoms with Crippen LogP contribution < -0.4 is 5.32 Å². The Morgan fingerprint density at radius 3 is 2.94 bits per heavy atom. The fourth-order valence-electron chi connectivity index (χ4n) is 1.38. The van der Waals surface area contributed by atoms with E-state index < -0.39 is 0 Å². The number of carbonyl (C=O) groups is 1. The lowest BCUT2D eigenvalue weighted by molar-refractivity contribution is 0.0948. The lowest BCUT2D eigenvalue weighted by Crippen LogP contribution is -2.30. The fourth-order valence-corrected chi connectivity index (χ4v) is 2.00. The summed E-state index contributed by atoms with van der Waals surface area (Å²) in [5.74, 6) is -0.107. The van der Waals surface area contributed by atoms with E-state index in [9.17, 15) is 4.79 Å². The monoisotopic (exact) mass is 284 g/mol. The fraction of sp³-hybridized carbons (Fsp3) is 0.500. The Morgan fingerprint density at radius 2 is 2.31 bits per heavy atom. The van der Waals surface area contributed by atoms with Crippen molar-refractivity contribution in [2.75, 3.05) is 6.54 Å². The third-order valence-electron chi connectivity index (χ3n) is 2.21. The molecule has 3 nitrogen and oxygen atoms in total. The number of pyridine rings is 1. The Kier molecular flexibility index (Phi) is 5.46. The van der Waals surface area contributed by atoms with Crippen LogP contribution in [0.3, 0.4) is 0 Å². The highest BCUT2D eigenvalue weighted by molar-refractivity contribution is 9.09. The summed E-state index contributed by atoms with van der Waals surface area (Å²) in [6, 6.07) is 5.45. The van der Waals surface area contributed by atoms with E-state index in [0.717, 1.165) is 18.5 Å². The summed E-state index contributed by atoms with van der Waals surface area (Å²) in [5, 5.41) is 2.86. The van der Waals surface area contributed by atoms with E-state index >= 15 is 0 Å². The predicted molar refractivity (Wildman–Crippen MR) is 68.9 cm³/mol. The first kappa shape index (κ1) is 13.2. The molecular formula is C12H17BrN2O. The molecule has 1 aromatic heterocycles. The topological polar surface area (TPSA) is 42.0 Å². The molecule has 0 spiro atoms. The molecule has 0 fully saturated rings. The van der Waals surface area contributed by atoms with Gasteiger partial charge in [-0.1, -0.05) is 35.3 Å². The minimum Gasteiger partial charge on any atom is -0.350 e. The lowest BCUT2D eigenvalue weighted by Gasteiger charge is -2.09. The third-order valence-corrected chi connectivity index (χ3v) is 2.99. The van der Waals surface area contributed by atoms with Gasteiger partial charge in [0.25, 0.3) is 5.91 Å². The number of aromatic nitrogens is 1. The number of hydrogen-bond donors (Lipinski definition) is 1. The van der Waals surface area contributed by atoms with Crippen molar-refractivity contribution in [1.29, 1.82) is 0 Å². The van der Waals surface area contributed by atoms with Gasteiger partial charge in [-0.15, -0.1) is 0 Å². The van der Waals surface area contributed by atoms with Crippen LogP contribution in [0.15, 0.2) is 18.2 Å². The second kappa shape index (κ2) is 6.63. The number of halogens is 1. The Hall–Kier alpha value is -0.900. The minimum absolute atomic E-state index is 0.107. The summed E-state index contributed by atoms with van der Waals surface area (Å²) >= 11 is 3.52. The van der Waals surface area contributed by atoms with Crippen LogP contribution in [0.2, 0.25) is 0 Å². The largest absolute Gasteiger partial charge is 0.350 e. The molecule has 0 saturated heterocycles. The lowest BCUT2D eigenvalue weighted by atomic mass is 10.2. The molecule has 0 aliphatic heterocycles. The van der Waals surface area contributed by atoms with Crippen LogP contribution >= 0.6 is 15.9 Å².